The van der Waals surface area contributed by atoms with E-state index >= 15 is 0 Å². The van der Waals surface area contributed by atoms with Crippen LogP contribution in [0.1, 0.15) is 18.1 Å². The molecule has 0 saturated heterocycles. The third-order valence-corrected chi connectivity index (χ3v) is 4.32. The van der Waals surface area contributed by atoms with Crippen LogP contribution < -0.4 is 9.47 Å². The first kappa shape index (κ1) is 14.0. The van der Waals surface area contributed by atoms with E-state index in [0.29, 0.717) is 29.2 Å². The van der Waals surface area contributed by atoms with Crippen LogP contribution in [0.3, 0.4) is 0 Å². The largest absolute Gasteiger partial charge is 0.493 e. The van der Waals surface area contributed by atoms with Gasteiger partial charge in [0.2, 0.25) is 0 Å². The van der Waals surface area contributed by atoms with Crippen LogP contribution in [0.15, 0.2) is 17.0 Å². The summed E-state index contributed by atoms with van der Waals surface area (Å²) in [6.07, 6.45) is -0.595. The molecule has 1 heterocycles. The van der Waals surface area contributed by atoms with Gasteiger partial charge in [-0.15, -0.1) is 11.8 Å². The first-order valence-corrected chi connectivity index (χ1v) is 6.86. The fourth-order valence-corrected chi connectivity index (χ4v) is 3.29. The highest BCUT2D eigenvalue weighted by atomic mass is 32.2. The molecule has 0 amide bonds. The Bertz CT molecular complexity index is 488. The van der Waals surface area contributed by atoms with E-state index in [1.54, 1.807) is 19.2 Å². The van der Waals surface area contributed by atoms with E-state index in [9.17, 15) is 9.90 Å². The number of carbonyl (C=O) groups is 1. The van der Waals surface area contributed by atoms with Crippen molar-refractivity contribution in [3.63, 3.8) is 0 Å². The van der Waals surface area contributed by atoms with Crippen molar-refractivity contribution in [2.75, 3.05) is 20.0 Å². The number of carboxylic acids is 1. The van der Waals surface area contributed by atoms with Crippen molar-refractivity contribution in [1.29, 1.82) is 0 Å². The number of hydrogen-bond acceptors (Lipinski definition) is 5. The van der Waals surface area contributed by atoms with Crippen molar-refractivity contribution in [3.8, 4) is 11.5 Å². The number of aliphatic carboxylic acids is 1. The van der Waals surface area contributed by atoms with E-state index in [0.717, 1.165) is 4.90 Å². The van der Waals surface area contributed by atoms with Crippen molar-refractivity contribution >= 4 is 17.7 Å². The lowest BCUT2D eigenvalue weighted by molar-refractivity contribution is -0.146. The smallest absolute Gasteiger partial charge is 0.309 e. The van der Waals surface area contributed by atoms with Crippen molar-refractivity contribution in [3.05, 3.63) is 17.7 Å². The van der Waals surface area contributed by atoms with Gasteiger partial charge < -0.3 is 19.7 Å². The molecule has 2 rings (SSSR count). The maximum absolute atomic E-state index is 11.2. The molecule has 5 nitrogen and oxygen atoms in total. The van der Waals surface area contributed by atoms with E-state index in [1.807, 2.05) is 0 Å². The molecule has 0 bridgehead atoms. The lowest BCUT2D eigenvalue weighted by Crippen LogP contribution is -2.21. The molecule has 2 unspecified atom stereocenters. The minimum absolute atomic E-state index is 0.431. The number of carboxylic acid groups (broad SMARTS) is 1. The fraction of sp³-hybridized carbons (Fsp3) is 0.462. The second-order valence-electron chi connectivity index (χ2n) is 4.27. The maximum atomic E-state index is 11.2. The molecule has 6 heteroatoms. The molecule has 0 saturated carbocycles. The zero-order valence-electron chi connectivity index (χ0n) is 10.8. The number of methoxy groups -OCH3 is 2. The van der Waals surface area contributed by atoms with Gasteiger partial charge in [-0.2, -0.15) is 0 Å². The van der Waals surface area contributed by atoms with Crippen LogP contribution in [0.4, 0.5) is 0 Å². The highest BCUT2D eigenvalue weighted by Crippen LogP contribution is 2.43. The van der Waals surface area contributed by atoms with Crippen molar-refractivity contribution in [2.45, 2.75) is 17.4 Å². The van der Waals surface area contributed by atoms with Crippen LogP contribution in [0, 0.1) is 5.92 Å². The highest BCUT2D eigenvalue weighted by Gasteiger charge is 2.32. The Labute approximate surface area is 115 Å². The summed E-state index contributed by atoms with van der Waals surface area (Å²) in [6.45, 7) is 0. The zero-order chi connectivity index (χ0) is 14.0. The number of hydrogen-bond donors (Lipinski definition) is 2. The Kier molecular flexibility index (Phi) is 4.21. The summed E-state index contributed by atoms with van der Waals surface area (Å²) in [5, 5.41) is 19.4. The summed E-state index contributed by atoms with van der Waals surface area (Å²) in [5.74, 6) is -0.0412. The van der Waals surface area contributed by atoms with E-state index in [-0.39, 0.29) is 0 Å². The van der Waals surface area contributed by atoms with Gasteiger partial charge in [-0.25, -0.2) is 0 Å². The monoisotopic (exact) mass is 284 g/mol. The number of rotatable bonds is 3. The molecule has 0 radical (unpaired) electrons. The summed E-state index contributed by atoms with van der Waals surface area (Å²) in [6, 6.07) is 3.44. The Hall–Kier alpha value is -1.40. The van der Waals surface area contributed by atoms with E-state index in [2.05, 4.69) is 0 Å². The molecule has 0 aromatic heterocycles. The summed E-state index contributed by atoms with van der Waals surface area (Å²) in [4.78, 5) is 12.0. The van der Waals surface area contributed by atoms with E-state index in [4.69, 9.17) is 14.6 Å². The zero-order valence-corrected chi connectivity index (χ0v) is 11.6. The maximum Gasteiger partial charge on any atom is 0.309 e. The topological polar surface area (TPSA) is 76.0 Å². The third-order valence-electron chi connectivity index (χ3n) is 3.22. The Morgan fingerprint density at radius 1 is 1.32 bits per heavy atom. The average Bonchev–Trinajstić information content (AvgIpc) is 2.56. The summed E-state index contributed by atoms with van der Waals surface area (Å²) < 4.78 is 10.4. The van der Waals surface area contributed by atoms with E-state index in [1.165, 1.54) is 18.9 Å². The molecule has 1 aromatic carbocycles. The molecule has 0 aliphatic carbocycles. The van der Waals surface area contributed by atoms with Gasteiger partial charge in [-0.05, 0) is 29.9 Å². The molecule has 104 valence electrons. The highest BCUT2D eigenvalue weighted by molar-refractivity contribution is 7.99. The Balaban J connectivity index is 2.48. The number of fused-ring (bicyclic) bond motifs is 1. The number of benzene rings is 1. The van der Waals surface area contributed by atoms with Crippen molar-refractivity contribution in [2.24, 2.45) is 5.92 Å². The molecule has 0 spiro atoms. The van der Waals surface area contributed by atoms with Crippen LogP contribution in [0.25, 0.3) is 0 Å². The first-order valence-electron chi connectivity index (χ1n) is 5.88. The molecular formula is C13H16O5S. The number of aliphatic hydroxyl groups excluding tert-OH is 1. The Morgan fingerprint density at radius 2 is 1.95 bits per heavy atom. The van der Waals surface area contributed by atoms with Crippen LogP contribution in [-0.4, -0.2) is 36.2 Å². The normalized spacial score (nSPS) is 22.3. The predicted octanol–water partition coefficient (Wildman–Crippen LogP) is 1.93. The van der Waals surface area contributed by atoms with Crippen LogP contribution >= 0.6 is 11.8 Å². The van der Waals surface area contributed by atoms with Crippen LogP contribution in [0.5, 0.6) is 11.5 Å². The molecule has 1 aliphatic rings. The second kappa shape index (κ2) is 5.71. The number of thioether (sulfide) groups is 1. The fourth-order valence-electron chi connectivity index (χ4n) is 2.16. The quantitative estimate of drug-likeness (QED) is 0.883. The minimum atomic E-state index is -1.03. The average molecular weight is 284 g/mol. The molecule has 19 heavy (non-hydrogen) atoms. The minimum Gasteiger partial charge on any atom is -0.493 e. The molecule has 1 aliphatic heterocycles. The van der Waals surface area contributed by atoms with Gasteiger partial charge in [0.25, 0.3) is 0 Å². The van der Waals surface area contributed by atoms with Crippen LogP contribution in [0.2, 0.25) is 0 Å². The molecule has 1 aromatic rings. The van der Waals surface area contributed by atoms with Gasteiger partial charge in [-0.1, -0.05) is 0 Å². The van der Waals surface area contributed by atoms with Gasteiger partial charge in [0, 0.05) is 4.90 Å². The molecule has 2 atom stereocenters. The molecule has 2 N–H and O–H groups in total. The van der Waals surface area contributed by atoms with Gasteiger partial charge in [-0.3, -0.25) is 4.79 Å². The molecular weight excluding hydrogens is 268 g/mol. The standard InChI is InChI=1S/C13H16O5S/c1-17-9-5-8-11(6-10(9)18-2)19-4-3-7(12(8)14)13(15)16/h5-7,12,14H,3-4H2,1-2H3,(H,15,16). The number of ether oxygens (including phenoxy) is 2. The van der Waals surface area contributed by atoms with Gasteiger partial charge >= 0.3 is 5.97 Å². The van der Waals surface area contributed by atoms with Gasteiger partial charge in [0.1, 0.15) is 0 Å². The number of aliphatic hydroxyl groups is 1. The molecule has 0 fully saturated rings. The predicted molar refractivity (Wildman–Crippen MR) is 71.0 cm³/mol. The van der Waals surface area contributed by atoms with Crippen molar-refractivity contribution < 1.29 is 24.5 Å². The summed E-state index contributed by atoms with van der Waals surface area (Å²) in [5.41, 5.74) is 0.590. The van der Waals surface area contributed by atoms with Gasteiger partial charge in [0.05, 0.1) is 26.2 Å². The van der Waals surface area contributed by atoms with Crippen molar-refractivity contribution in [1.82, 2.24) is 0 Å². The lowest BCUT2D eigenvalue weighted by Gasteiger charge is -2.19. The Morgan fingerprint density at radius 3 is 2.53 bits per heavy atom. The third kappa shape index (κ3) is 2.64. The van der Waals surface area contributed by atoms with Gasteiger partial charge in [0.15, 0.2) is 11.5 Å². The van der Waals surface area contributed by atoms with Crippen LogP contribution in [-0.2, 0) is 4.79 Å². The first-order chi connectivity index (χ1) is 9.08. The summed E-state index contributed by atoms with van der Waals surface area (Å²) in [7, 11) is 3.05. The second-order valence-corrected chi connectivity index (χ2v) is 5.41. The lowest BCUT2D eigenvalue weighted by atomic mass is 9.93. The summed E-state index contributed by atoms with van der Waals surface area (Å²) >= 11 is 1.52. The van der Waals surface area contributed by atoms with E-state index < -0.39 is 18.0 Å². The SMILES string of the molecule is COc1cc2c(cc1OC)C(O)C(C(=O)O)CCS2.